The molecule has 0 aliphatic heterocycles. The van der Waals surface area contributed by atoms with Crippen LogP contribution in [0.3, 0.4) is 0 Å². The van der Waals surface area contributed by atoms with Gasteiger partial charge in [0.2, 0.25) is 0 Å². The van der Waals surface area contributed by atoms with Crippen molar-refractivity contribution >= 4 is 5.76 Å². The van der Waals surface area contributed by atoms with Gasteiger partial charge in [-0.25, -0.2) is 0 Å². The number of benzene rings is 1. The van der Waals surface area contributed by atoms with Crippen molar-refractivity contribution in [3.8, 4) is 5.75 Å². The summed E-state index contributed by atoms with van der Waals surface area (Å²) < 4.78 is 10.7. The minimum atomic E-state index is 0.396. The zero-order valence-electron chi connectivity index (χ0n) is 11.5. The summed E-state index contributed by atoms with van der Waals surface area (Å²) in [5.74, 6) is 1.68. The van der Waals surface area contributed by atoms with Gasteiger partial charge in [0.15, 0.2) is 0 Å². The maximum atomic E-state index is 5.72. The van der Waals surface area contributed by atoms with Gasteiger partial charge in [0, 0.05) is 11.6 Å². The third kappa shape index (κ3) is 4.82. The highest BCUT2D eigenvalue weighted by molar-refractivity contribution is 5.57. The first-order valence-electron chi connectivity index (χ1n) is 6.48. The van der Waals surface area contributed by atoms with Gasteiger partial charge >= 0.3 is 0 Å². The molecule has 0 aromatic heterocycles. The second kappa shape index (κ2) is 7.80. The number of methoxy groups -OCH3 is 1. The lowest BCUT2D eigenvalue weighted by atomic mass is 10.1. The van der Waals surface area contributed by atoms with E-state index >= 15 is 0 Å². The van der Waals surface area contributed by atoms with Crippen LogP contribution in [0.2, 0.25) is 0 Å². The van der Waals surface area contributed by atoms with Gasteiger partial charge in [-0.15, -0.1) is 0 Å². The van der Waals surface area contributed by atoms with Crippen LogP contribution < -0.4 is 4.74 Å². The van der Waals surface area contributed by atoms with Gasteiger partial charge in [0.05, 0.1) is 13.7 Å². The van der Waals surface area contributed by atoms with Gasteiger partial charge in [-0.05, 0) is 31.1 Å². The van der Waals surface area contributed by atoms with E-state index in [1.165, 1.54) is 19.3 Å². The van der Waals surface area contributed by atoms with Crippen molar-refractivity contribution in [2.75, 3.05) is 13.7 Å². The summed E-state index contributed by atoms with van der Waals surface area (Å²) in [4.78, 5) is 0. The first-order valence-corrected chi connectivity index (χ1v) is 6.48. The number of hydrogen-bond acceptors (Lipinski definition) is 2. The van der Waals surface area contributed by atoms with E-state index in [0.717, 1.165) is 11.3 Å². The molecule has 1 unspecified atom stereocenters. The minimum absolute atomic E-state index is 0.396. The lowest BCUT2D eigenvalue weighted by Gasteiger charge is -2.13. The highest BCUT2D eigenvalue weighted by Crippen LogP contribution is 2.19. The van der Waals surface area contributed by atoms with Crippen molar-refractivity contribution < 1.29 is 9.47 Å². The third-order valence-electron chi connectivity index (χ3n) is 2.85. The monoisotopic (exact) mass is 246 g/mol. The van der Waals surface area contributed by atoms with Crippen LogP contribution in [0.15, 0.2) is 18.2 Å². The predicted octanol–water partition coefficient (Wildman–Crippen LogP) is 4.11. The summed E-state index contributed by atoms with van der Waals surface area (Å²) in [5.41, 5.74) is 0.826. The molecule has 1 aromatic rings. The molecule has 1 aromatic carbocycles. The molecule has 0 spiro atoms. The zero-order chi connectivity index (χ0) is 13.4. The van der Waals surface area contributed by atoms with Crippen LogP contribution in [0.1, 0.15) is 38.7 Å². The van der Waals surface area contributed by atoms with E-state index in [-0.39, 0.29) is 0 Å². The molecule has 0 saturated carbocycles. The summed E-state index contributed by atoms with van der Waals surface area (Å²) in [7, 11) is 1.55. The summed E-state index contributed by atoms with van der Waals surface area (Å²) in [6, 6.07) is 8.56. The van der Waals surface area contributed by atoms with Crippen LogP contribution in [0.25, 0.3) is 5.76 Å². The van der Waals surface area contributed by atoms with Gasteiger partial charge in [-0.3, -0.25) is 0 Å². The molecule has 0 fully saturated rings. The molecule has 98 valence electrons. The molecular weight excluding hydrogens is 224 g/mol. The second-order valence-corrected chi connectivity index (χ2v) is 4.57. The molecule has 2 radical (unpaired) electrons. The fourth-order valence-electron chi connectivity index (χ4n) is 1.67. The standard InChI is InChI=1S/C16H22O2/c1-5-6-8-13(2)12-18-16-10-7-9-15(11-16)14(3)17-4/h3,7,9,11,13H,5-6,8,12H2,1-2,4H3. The van der Waals surface area contributed by atoms with Crippen molar-refractivity contribution in [3.05, 3.63) is 36.4 Å². The van der Waals surface area contributed by atoms with Crippen LogP contribution in [0.4, 0.5) is 0 Å². The van der Waals surface area contributed by atoms with E-state index < -0.39 is 0 Å². The molecule has 18 heavy (non-hydrogen) atoms. The molecule has 1 rings (SSSR count). The summed E-state index contributed by atoms with van der Waals surface area (Å²) in [5, 5.41) is 0. The van der Waals surface area contributed by atoms with E-state index in [4.69, 9.17) is 16.1 Å². The van der Waals surface area contributed by atoms with Crippen LogP contribution >= 0.6 is 0 Å². The maximum absolute atomic E-state index is 5.72. The van der Waals surface area contributed by atoms with Gasteiger partial charge in [-0.2, -0.15) is 0 Å². The minimum Gasteiger partial charge on any atom is -0.496 e. The van der Waals surface area contributed by atoms with E-state index in [1.807, 2.05) is 12.1 Å². The van der Waals surface area contributed by atoms with E-state index in [0.29, 0.717) is 18.3 Å². The fraction of sp³-hybridized carbons (Fsp3) is 0.500. The molecule has 1 atom stereocenters. The molecular formula is C16H22O2. The van der Waals surface area contributed by atoms with E-state index in [2.05, 4.69) is 19.9 Å². The van der Waals surface area contributed by atoms with Crippen molar-refractivity contribution in [1.82, 2.24) is 0 Å². The summed E-state index contributed by atoms with van der Waals surface area (Å²) in [6.07, 6.45) is 3.67. The molecule has 0 aliphatic rings. The van der Waals surface area contributed by atoms with Crippen molar-refractivity contribution in [2.24, 2.45) is 5.92 Å². The van der Waals surface area contributed by atoms with Crippen LogP contribution in [-0.2, 0) is 4.74 Å². The second-order valence-electron chi connectivity index (χ2n) is 4.57. The topological polar surface area (TPSA) is 18.5 Å². The number of rotatable bonds is 8. The molecule has 0 bridgehead atoms. The molecule has 0 N–H and O–H groups in total. The molecule has 2 heteroatoms. The average molecular weight is 246 g/mol. The number of hydrogen-bond donors (Lipinski definition) is 0. The van der Waals surface area contributed by atoms with Crippen molar-refractivity contribution in [3.63, 3.8) is 0 Å². The van der Waals surface area contributed by atoms with Crippen LogP contribution in [0, 0.1) is 18.6 Å². The Morgan fingerprint density at radius 3 is 2.94 bits per heavy atom. The van der Waals surface area contributed by atoms with Crippen molar-refractivity contribution in [2.45, 2.75) is 33.1 Å². The molecule has 0 saturated heterocycles. The summed E-state index contributed by atoms with van der Waals surface area (Å²) in [6.45, 7) is 10.8. The SMILES string of the molecule is [CH]=C(OC)c1cc[c]c(OCC(C)CCCC)c1. The maximum Gasteiger partial charge on any atom is 0.127 e. The quantitative estimate of drug-likeness (QED) is 0.643. The Morgan fingerprint density at radius 1 is 1.50 bits per heavy atom. The Kier molecular flexibility index (Phi) is 6.34. The van der Waals surface area contributed by atoms with E-state index in [9.17, 15) is 0 Å². The van der Waals surface area contributed by atoms with Crippen LogP contribution in [-0.4, -0.2) is 13.7 Å². The largest absolute Gasteiger partial charge is 0.496 e. The molecule has 0 amide bonds. The highest BCUT2D eigenvalue weighted by atomic mass is 16.5. The van der Waals surface area contributed by atoms with Gasteiger partial charge in [0.1, 0.15) is 11.5 Å². The molecule has 0 heterocycles. The first-order chi connectivity index (χ1) is 8.67. The Morgan fingerprint density at radius 2 is 2.28 bits per heavy atom. The normalized spacial score (nSPS) is 11.9. The Hall–Kier alpha value is -1.44. The molecule has 2 nitrogen and oxygen atoms in total. The fourth-order valence-corrected chi connectivity index (χ4v) is 1.67. The lowest BCUT2D eigenvalue weighted by molar-refractivity contribution is 0.249. The Balaban J connectivity index is 2.49. The first kappa shape index (κ1) is 14.6. The van der Waals surface area contributed by atoms with E-state index in [1.54, 1.807) is 13.2 Å². The third-order valence-corrected chi connectivity index (χ3v) is 2.85. The van der Waals surface area contributed by atoms with Crippen molar-refractivity contribution in [1.29, 1.82) is 0 Å². The Labute approximate surface area is 111 Å². The average Bonchev–Trinajstić information content (AvgIpc) is 2.42. The smallest absolute Gasteiger partial charge is 0.127 e. The van der Waals surface area contributed by atoms with Crippen LogP contribution in [0.5, 0.6) is 5.75 Å². The lowest BCUT2D eigenvalue weighted by Crippen LogP contribution is -2.08. The van der Waals surface area contributed by atoms with Gasteiger partial charge in [0.25, 0.3) is 0 Å². The number of unbranched alkanes of at least 4 members (excludes halogenated alkanes) is 1. The Bertz CT molecular complexity index is 371. The molecule has 0 aliphatic carbocycles. The highest BCUT2D eigenvalue weighted by Gasteiger charge is 2.05. The van der Waals surface area contributed by atoms with Gasteiger partial charge < -0.3 is 9.47 Å². The summed E-state index contributed by atoms with van der Waals surface area (Å²) >= 11 is 0. The zero-order valence-corrected chi connectivity index (χ0v) is 11.5. The number of ether oxygens (including phenoxy) is 2. The van der Waals surface area contributed by atoms with Gasteiger partial charge in [-0.1, -0.05) is 32.8 Å². The predicted molar refractivity (Wildman–Crippen MR) is 74.2 cm³/mol.